The lowest BCUT2D eigenvalue weighted by atomic mass is 9.99. The lowest BCUT2D eigenvalue weighted by Gasteiger charge is -2.24. The van der Waals surface area contributed by atoms with Crippen molar-refractivity contribution in [3.63, 3.8) is 0 Å². The van der Waals surface area contributed by atoms with Gasteiger partial charge in [-0.2, -0.15) is 0 Å². The molecule has 1 heterocycles. The van der Waals surface area contributed by atoms with E-state index in [0.29, 0.717) is 5.70 Å². The molecule has 76 valence electrons. The van der Waals surface area contributed by atoms with Crippen molar-refractivity contribution in [2.75, 3.05) is 0 Å². The minimum atomic E-state index is -0.527. The van der Waals surface area contributed by atoms with Crippen LogP contribution in [0.4, 0.5) is 0 Å². The van der Waals surface area contributed by atoms with Crippen LogP contribution >= 0.6 is 0 Å². The summed E-state index contributed by atoms with van der Waals surface area (Å²) in [5.74, 6) is -0.976. The van der Waals surface area contributed by atoms with Gasteiger partial charge in [0.2, 0.25) is 5.91 Å². The molecule has 5 heteroatoms. The molecule has 5 nitrogen and oxygen atoms in total. The van der Waals surface area contributed by atoms with E-state index in [4.69, 9.17) is 16.2 Å². The predicted octanol–water partition coefficient (Wildman–Crippen LogP) is -0.480. The Kier molecular flexibility index (Phi) is 2.25. The second kappa shape index (κ2) is 3.42. The third kappa shape index (κ3) is 1.77. The van der Waals surface area contributed by atoms with Gasteiger partial charge in [0.1, 0.15) is 12.0 Å². The van der Waals surface area contributed by atoms with Gasteiger partial charge in [-0.25, -0.2) is 0 Å². The van der Waals surface area contributed by atoms with E-state index < -0.39 is 17.9 Å². The monoisotopic (exact) mass is 195 g/mol. The van der Waals surface area contributed by atoms with E-state index in [0.717, 1.165) is 12.8 Å². The van der Waals surface area contributed by atoms with Crippen molar-refractivity contribution in [2.24, 2.45) is 22.4 Å². The summed E-state index contributed by atoms with van der Waals surface area (Å²) >= 11 is 0. The second-order valence-corrected chi connectivity index (χ2v) is 3.61. The van der Waals surface area contributed by atoms with Gasteiger partial charge in [-0.15, -0.1) is 0 Å². The fourth-order valence-electron chi connectivity index (χ4n) is 1.38. The highest BCUT2D eigenvalue weighted by atomic mass is 16.5. The highest BCUT2D eigenvalue weighted by Crippen LogP contribution is 2.29. The van der Waals surface area contributed by atoms with E-state index in [1.54, 1.807) is 0 Å². The normalized spacial score (nSPS) is 31.3. The molecule has 2 aliphatic rings. The van der Waals surface area contributed by atoms with Crippen LogP contribution in [0, 0.1) is 5.92 Å². The first-order chi connectivity index (χ1) is 6.68. The van der Waals surface area contributed by atoms with Crippen molar-refractivity contribution in [3.05, 3.63) is 11.9 Å². The zero-order valence-electron chi connectivity index (χ0n) is 7.72. The number of rotatable bonds is 3. The zero-order valence-corrected chi connectivity index (χ0v) is 7.72. The minimum Gasteiger partial charge on any atom is -0.399 e. The Morgan fingerprint density at radius 2 is 2.29 bits per heavy atom. The molecule has 14 heavy (non-hydrogen) atoms. The third-order valence-corrected chi connectivity index (χ3v) is 2.32. The number of nitrogens with zero attached hydrogens (tertiary/aromatic N) is 1. The molecule has 0 spiro atoms. The van der Waals surface area contributed by atoms with Crippen LogP contribution in [0.1, 0.15) is 12.8 Å². The predicted molar refractivity (Wildman–Crippen MR) is 51.3 cm³/mol. The summed E-state index contributed by atoms with van der Waals surface area (Å²) in [6, 6.07) is 0. The van der Waals surface area contributed by atoms with Crippen LogP contribution in [0.5, 0.6) is 0 Å². The van der Waals surface area contributed by atoms with Crippen LogP contribution in [0.25, 0.3) is 0 Å². The molecule has 4 N–H and O–H groups in total. The molecule has 2 atom stereocenters. The van der Waals surface area contributed by atoms with Crippen molar-refractivity contribution in [1.82, 2.24) is 0 Å². The number of hydrogen-bond acceptors (Lipinski definition) is 4. The van der Waals surface area contributed by atoms with Crippen molar-refractivity contribution >= 4 is 12.1 Å². The maximum absolute atomic E-state index is 11.1. The molecule has 0 aromatic heterocycles. The Bertz CT molecular complexity index is 307. The van der Waals surface area contributed by atoms with Crippen LogP contribution < -0.4 is 11.5 Å². The highest BCUT2D eigenvalue weighted by Gasteiger charge is 2.35. The van der Waals surface area contributed by atoms with Gasteiger partial charge >= 0.3 is 0 Å². The SMILES string of the molecule is NC(=O)C1C=NC=C(N)C1OC1CC1. The van der Waals surface area contributed by atoms with Gasteiger partial charge in [-0.1, -0.05) is 0 Å². The summed E-state index contributed by atoms with van der Waals surface area (Å²) < 4.78 is 5.60. The van der Waals surface area contributed by atoms with Gasteiger partial charge in [0.05, 0.1) is 11.8 Å². The van der Waals surface area contributed by atoms with E-state index >= 15 is 0 Å². The van der Waals surface area contributed by atoms with E-state index in [-0.39, 0.29) is 6.10 Å². The Morgan fingerprint density at radius 3 is 2.86 bits per heavy atom. The Labute approximate surface area is 81.8 Å². The third-order valence-electron chi connectivity index (χ3n) is 2.32. The van der Waals surface area contributed by atoms with Gasteiger partial charge in [-0.3, -0.25) is 9.79 Å². The van der Waals surface area contributed by atoms with Crippen LogP contribution in [0.3, 0.4) is 0 Å². The molecule has 2 unspecified atom stereocenters. The second-order valence-electron chi connectivity index (χ2n) is 3.61. The largest absolute Gasteiger partial charge is 0.399 e. The quantitative estimate of drug-likeness (QED) is 0.637. The first kappa shape index (κ1) is 9.21. The van der Waals surface area contributed by atoms with Crippen LogP contribution in [-0.4, -0.2) is 24.3 Å². The van der Waals surface area contributed by atoms with E-state index in [9.17, 15) is 4.79 Å². The lowest BCUT2D eigenvalue weighted by Crippen LogP contribution is -2.41. The standard InChI is InChI=1S/C9H13N3O2/c10-7-4-12-3-6(9(11)13)8(7)14-5-1-2-5/h3-6,8H,1-2,10H2,(H2,11,13). The number of carbonyl (C=O) groups is 1. The number of nitrogens with two attached hydrogens (primary N) is 2. The molecule has 0 saturated heterocycles. The number of ether oxygens (including phenoxy) is 1. The summed E-state index contributed by atoms with van der Waals surface area (Å²) in [4.78, 5) is 14.9. The van der Waals surface area contributed by atoms with E-state index in [1.165, 1.54) is 12.4 Å². The molecule has 0 aromatic carbocycles. The Morgan fingerprint density at radius 1 is 1.57 bits per heavy atom. The number of aliphatic imine (C=N–C) groups is 1. The average molecular weight is 195 g/mol. The summed E-state index contributed by atoms with van der Waals surface area (Å²) in [6.45, 7) is 0. The van der Waals surface area contributed by atoms with Gasteiger partial charge in [0, 0.05) is 12.4 Å². The molecule has 0 radical (unpaired) electrons. The molecule has 0 bridgehead atoms. The lowest BCUT2D eigenvalue weighted by molar-refractivity contribution is -0.123. The van der Waals surface area contributed by atoms with Gasteiger partial charge < -0.3 is 16.2 Å². The van der Waals surface area contributed by atoms with Crippen LogP contribution in [-0.2, 0) is 9.53 Å². The van der Waals surface area contributed by atoms with Crippen molar-refractivity contribution < 1.29 is 9.53 Å². The van der Waals surface area contributed by atoms with Crippen LogP contribution in [0.15, 0.2) is 16.9 Å². The van der Waals surface area contributed by atoms with Crippen molar-refractivity contribution in [2.45, 2.75) is 25.0 Å². The zero-order chi connectivity index (χ0) is 10.1. The topological polar surface area (TPSA) is 90.7 Å². The van der Waals surface area contributed by atoms with E-state index in [1.807, 2.05) is 0 Å². The van der Waals surface area contributed by atoms with Crippen LogP contribution in [0.2, 0.25) is 0 Å². The number of primary amides is 1. The van der Waals surface area contributed by atoms with Crippen molar-refractivity contribution in [1.29, 1.82) is 0 Å². The summed E-state index contributed by atoms with van der Waals surface area (Å²) in [6.07, 6.45) is 4.88. The fourth-order valence-corrected chi connectivity index (χ4v) is 1.38. The maximum Gasteiger partial charge on any atom is 0.229 e. The van der Waals surface area contributed by atoms with Crippen molar-refractivity contribution in [3.8, 4) is 0 Å². The molecule has 1 amide bonds. The fraction of sp³-hybridized carbons (Fsp3) is 0.556. The Balaban J connectivity index is 2.10. The molecular formula is C9H13N3O2. The Hall–Kier alpha value is -1.36. The average Bonchev–Trinajstić information content (AvgIpc) is 2.91. The molecule has 1 saturated carbocycles. The molecule has 0 aromatic rings. The summed E-state index contributed by atoms with van der Waals surface area (Å²) in [5, 5.41) is 0. The van der Waals surface area contributed by atoms with Gasteiger partial charge in [0.15, 0.2) is 0 Å². The minimum absolute atomic E-state index is 0.236. The van der Waals surface area contributed by atoms with Gasteiger partial charge in [0.25, 0.3) is 0 Å². The summed E-state index contributed by atoms with van der Waals surface area (Å²) in [5.41, 5.74) is 11.4. The molecular weight excluding hydrogens is 182 g/mol. The first-order valence-corrected chi connectivity index (χ1v) is 4.62. The first-order valence-electron chi connectivity index (χ1n) is 4.62. The number of amides is 1. The molecule has 2 rings (SSSR count). The smallest absolute Gasteiger partial charge is 0.229 e. The molecule has 1 fully saturated rings. The molecule has 1 aliphatic carbocycles. The summed E-state index contributed by atoms with van der Waals surface area (Å²) in [7, 11) is 0. The number of hydrogen-bond donors (Lipinski definition) is 2. The maximum atomic E-state index is 11.1. The van der Waals surface area contributed by atoms with E-state index in [2.05, 4.69) is 4.99 Å². The molecule has 1 aliphatic heterocycles. The highest BCUT2D eigenvalue weighted by molar-refractivity contribution is 5.94. The van der Waals surface area contributed by atoms with Gasteiger partial charge in [-0.05, 0) is 12.8 Å². The number of carbonyl (C=O) groups excluding carboxylic acids is 1.